The van der Waals surface area contributed by atoms with E-state index >= 15 is 0 Å². The van der Waals surface area contributed by atoms with Crippen molar-refractivity contribution >= 4 is 11.6 Å². The van der Waals surface area contributed by atoms with Gasteiger partial charge in [0.15, 0.2) is 0 Å². The number of nitrogens with zero attached hydrogens (tertiary/aromatic N) is 1. The van der Waals surface area contributed by atoms with Crippen LogP contribution in [0.5, 0.6) is 5.75 Å². The Morgan fingerprint density at radius 1 is 1.32 bits per heavy atom. The van der Waals surface area contributed by atoms with Crippen molar-refractivity contribution in [3.8, 4) is 5.75 Å². The van der Waals surface area contributed by atoms with Gasteiger partial charge < -0.3 is 15.0 Å². The molecule has 0 amide bonds. The Morgan fingerprint density at radius 2 is 2.16 bits per heavy atom. The molecule has 3 nitrogen and oxygen atoms in total. The van der Waals surface area contributed by atoms with Gasteiger partial charge in [-0.1, -0.05) is 11.6 Å². The van der Waals surface area contributed by atoms with E-state index in [1.807, 2.05) is 12.1 Å². The number of hydrogen-bond donors (Lipinski definition) is 1. The lowest BCUT2D eigenvalue weighted by Gasteiger charge is -2.11. The maximum Gasteiger partial charge on any atom is 0.127 e. The average molecular weight is 283 g/mol. The van der Waals surface area contributed by atoms with Gasteiger partial charge in [-0.15, -0.1) is 0 Å². The van der Waals surface area contributed by atoms with E-state index in [4.69, 9.17) is 16.3 Å². The maximum absolute atomic E-state index is 6.14. The smallest absolute Gasteiger partial charge is 0.127 e. The molecule has 19 heavy (non-hydrogen) atoms. The first-order chi connectivity index (χ1) is 9.16. The fourth-order valence-electron chi connectivity index (χ4n) is 2.38. The summed E-state index contributed by atoms with van der Waals surface area (Å²) in [6.07, 6.45) is 3.40. The van der Waals surface area contributed by atoms with Crippen molar-refractivity contribution in [2.45, 2.75) is 25.8 Å². The van der Waals surface area contributed by atoms with Gasteiger partial charge in [0.25, 0.3) is 0 Å². The lowest BCUT2D eigenvalue weighted by molar-refractivity contribution is 0.352. The second-order valence-corrected chi connectivity index (χ2v) is 5.78. The fourth-order valence-corrected chi connectivity index (χ4v) is 2.64. The van der Waals surface area contributed by atoms with Gasteiger partial charge in [-0.2, -0.15) is 0 Å². The topological polar surface area (TPSA) is 24.5 Å². The lowest BCUT2D eigenvalue weighted by Crippen LogP contribution is -2.18. The molecule has 1 heterocycles. The van der Waals surface area contributed by atoms with Crippen LogP contribution in [0.2, 0.25) is 5.02 Å². The molecule has 0 atom stereocenters. The Bertz CT molecular complexity index is 421. The minimum atomic E-state index is 0.783. The highest BCUT2D eigenvalue weighted by Gasteiger charge is 2.16. The molecule has 0 aliphatic carbocycles. The van der Waals surface area contributed by atoms with Crippen molar-refractivity contribution in [2.24, 2.45) is 0 Å². The quantitative estimate of drug-likeness (QED) is 0.778. The van der Waals surface area contributed by atoms with Gasteiger partial charge in [-0.3, -0.25) is 0 Å². The summed E-state index contributed by atoms with van der Waals surface area (Å²) in [7, 11) is 4.22. The summed E-state index contributed by atoms with van der Waals surface area (Å²) < 4.78 is 5.69. The molecule has 0 saturated carbocycles. The molecule has 0 bridgehead atoms. The molecule has 1 aromatic rings. The van der Waals surface area contributed by atoms with Crippen LogP contribution in [0.15, 0.2) is 12.1 Å². The molecule has 0 saturated heterocycles. The molecule has 1 N–H and O–H groups in total. The highest BCUT2D eigenvalue weighted by molar-refractivity contribution is 6.30. The van der Waals surface area contributed by atoms with E-state index in [1.54, 1.807) is 0 Å². The number of rotatable bonds is 7. The van der Waals surface area contributed by atoms with Gasteiger partial charge in [0.1, 0.15) is 5.75 Å². The van der Waals surface area contributed by atoms with E-state index in [0.717, 1.165) is 43.4 Å². The number of hydrogen-bond acceptors (Lipinski definition) is 3. The number of benzene rings is 1. The molecule has 106 valence electrons. The second-order valence-electron chi connectivity index (χ2n) is 5.34. The van der Waals surface area contributed by atoms with Crippen LogP contribution in [-0.4, -0.2) is 38.7 Å². The first-order valence-electron chi connectivity index (χ1n) is 6.96. The van der Waals surface area contributed by atoms with Crippen molar-refractivity contribution in [3.05, 3.63) is 28.3 Å². The first-order valence-corrected chi connectivity index (χ1v) is 7.34. The molecule has 1 aliphatic heterocycles. The van der Waals surface area contributed by atoms with E-state index in [9.17, 15) is 0 Å². The molecule has 4 heteroatoms. The maximum atomic E-state index is 6.14. The zero-order valence-electron chi connectivity index (χ0n) is 11.8. The average Bonchev–Trinajstić information content (AvgIpc) is 2.80. The monoisotopic (exact) mass is 282 g/mol. The Labute approximate surface area is 120 Å². The predicted octanol–water partition coefficient (Wildman–Crippen LogP) is 2.71. The van der Waals surface area contributed by atoms with Gasteiger partial charge in [0, 0.05) is 23.6 Å². The molecule has 0 unspecified atom stereocenters. The highest BCUT2D eigenvalue weighted by atomic mass is 35.5. The van der Waals surface area contributed by atoms with E-state index in [2.05, 4.69) is 24.3 Å². The van der Waals surface area contributed by atoms with Gasteiger partial charge in [0.2, 0.25) is 0 Å². The van der Waals surface area contributed by atoms with E-state index in [-0.39, 0.29) is 0 Å². The third-order valence-corrected chi connectivity index (χ3v) is 3.57. The molecule has 0 spiro atoms. The molecule has 0 fully saturated rings. The molecular formula is C15H23ClN2O. The van der Waals surface area contributed by atoms with Crippen LogP contribution in [0.4, 0.5) is 0 Å². The number of fused-ring (bicyclic) bond motifs is 1. The Kier molecular flexibility index (Phi) is 5.49. The molecule has 2 rings (SSSR count). The zero-order valence-corrected chi connectivity index (χ0v) is 12.6. The Morgan fingerprint density at radius 3 is 2.95 bits per heavy atom. The standard InChI is InChI=1S/C15H23ClN2O/c1-18(2)7-4-3-6-17-11-13-10-14(16)9-12-5-8-19-15(12)13/h9-10,17H,3-8,11H2,1-2H3. The van der Waals surface area contributed by atoms with Crippen LogP contribution in [0.25, 0.3) is 0 Å². The van der Waals surface area contributed by atoms with Crippen LogP contribution >= 0.6 is 11.6 Å². The zero-order chi connectivity index (χ0) is 13.7. The van der Waals surface area contributed by atoms with Crippen LogP contribution in [0.1, 0.15) is 24.0 Å². The summed E-state index contributed by atoms with van der Waals surface area (Å²) in [4.78, 5) is 2.22. The summed E-state index contributed by atoms with van der Waals surface area (Å²) in [6.45, 7) is 3.81. The third-order valence-electron chi connectivity index (χ3n) is 3.35. The van der Waals surface area contributed by atoms with Gasteiger partial charge in [-0.05, 0) is 57.7 Å². The highest BCUT2D eigenvalue weighted by Crippen LogP contribution is 2.32. The molecule has 0 aromatic heterocycles. The molecular weight excluding hydrogens is 260 g/mol. The number of nitrogens with one attached hydrogen (secondary N) is 1. The summed E-state index contributed by atoms with van der Waals surface area (Å²) in [5, 5.41) is 4.29. The van der Waals surface area contributed by atoms with Crippen molar-refractivity contribution in [2.75, 3.05) is 33.8 Å². The molecule has 0 radical (unpaired) electrons. The first kappa shape index (κ1) is 14.6. The minimum absolute atomic E-state index is 0.783. The molecule has 1 aromatic carbocycles. The normalized spacial score (nSPS) is 13.7. The van der Waals surface area contributed by atoms with E-state index < -0.39 is 0 Å². The van der Waals surface area contributed by atoms with Gasteiger partial charge in [0.05, 0.1) is 6.61 Å². The van der Waals surface area contributed by atoms with Crippen LogP contribution in [-0.2, 0) is 13.0 Å². The summed E-state index contributed by atoms with van der Waals surface area (Å²) in [6, 6.07) is 4.03. The van der Waals surface area contributed by atoms with Crippen molar-refractivity contribution in [1.29, 1.82) is 0 Å². The van der Waals surface area contributed by atoms with Crippen molar-refractivity contribution in [1.82, 2.24) is 10.2 Å². The molecule has 1 aliphatic rings. The number of halogens is 1. The predicted molar refractivity (Wildman–Crippen MR) is 80.1 cm³/mol. The van der Waals surface area contributed by atoms with Gasteiger partial charge in [-0.25, -0.2) is 0 Å². The second kappa shape index (κ2) is 7.13. The van der Waals surface area contributed by atoms with Crippen LogP contribution < -0.4 is 10.1 Å². The summed E-state index contributed by atoms with van der Waals surface area (Å²) in [5.74, 6) is 1.05. The Hall–Kier alpha value is -0.770. The minimum Gasteiger partial charge on any atom is -0.493 e. The van der Waals surface area contributed by atoms with E-state index in [1.165, 1.54) is 24.0 Å². The van der Waals surface area contributed by atoms with Crippen molar-refractivity contribution in [3.63, 3.8) is 0 Å². The fraction of sp³-hybridized carbons (Fsp3) is 0.600. The Balaban J connectivity index is 1.77. The number of unbranched alkanes of at least 4 members (excludes halogenated alkanes) is 1. The lowest BCUT2D eigenvalue weighted by atomic mass is 10.1. The summed E-state index contributed by atoms with van der Waals surface area (Å²) >= 11 is 6.14. The van der Waals surface area contributed by atoms with Crippen molar-refractivity contribution < 1.29 is 4.74 Å². The third kappa shape index (κ3) is 4.37. The number of ether oxygens (including phenoxy) is 1. The largest absolute Gasteiger partial charge is 0.493 e. The van der Waals surface area contributed by atoms with Crippen LogP contribution in [0.3, 0.4) is 0 Å². The SMILES string of the molecule is CN(C)CCCCNCc1cc(Cl)cc2c1OCC2. The van der Waals surface area contributed by atoms with E-state index in [0.29, 0.717) is 0 Å². The van der Waals surface area contributed by atoms with Crippen LogP contribution in [0, 0.1) is 0 Å². The van der Waals surface area contributed by atoms with Gasteiger partial charge >= 0.3 is 0 Å². The summed E-state index contributed by atoms with van der Waals surface area (Å²) in [5.41, 5.74) is 2.43.